The van der Waals surface area contributed by atoms with E-state index in [1.54, 1.807) is 6.07 Å². The molecule has 2 aromatic carbocycles. The molecular weight excluding hydrogens is 369 g/mol. The highest BCUT2D eigenvalue weighted by molar-refractivity contribution is 7.91. The molecule has 1 saturated heterocycles. The number of halogens is 1. The molecule has 3 rings (SSSR count). The van der Waals surface area contributed by atoms with E-state index in [0.29, 0.717) is 0 Å². The fourth-order valence-electron chi connectivity index (χ4n) is 3.39. The van der Waals surface area contributed by atoms with Crippen molar-refractivity contribution in [1.82, 2.24) is 4.90 Å². The van der Waals surface area contributed by atoms with Crippen LogP contribution in [0.3, 0.4) is 0 Å². The smallest absolute Gasteiger partial charge is 0.251 e. The first-order chi connectivity index (χ1) is 12.9. The lowest BCUT2D eigenvalue weighted by Crippen LogP contribution is -2.41. The second kappa shape index (κ2) is 8.19. The van der Waals surface area contributed by atoms with Crippen molar-refractivity contribution in [3.63, 3.8) is 0 Å². The van der Waals surface area contributed by atoms with E-state index >= 15 is 0 Å². The Bertz CT molecular complexity index is 901. The molecule has 27 heavy (non-hydrogen) atoms. The van der Waals surface area contributed by atoms with Crippen LogP contribution >= 0.6 is 0 Å². The summed E-state index contributed by atoms with van der Waals surface area (Å²) in [6.45, 7) is 0.154. The highest BCUT2D eigenvalue weighted by Crippen LogP contribution is 2.31. The van der Waals surface area contributed by atoms with E-state index < -0.39 is 32.9 Å². The van der Waals surface area contributed by atoms with Crippen molar-refractivity contribution in [2.45, 2.75) is 24.2 Å². The summed E-state index contributed by atoms with van der Waals surface area (Å²) < 4.78 is 39.3. The second-order valence-corrected chi connectivity index (χ2v) is 9.00. The summed E-state index contributed by atoms with van der Waals surface area (Å²) in [5, 5.41) is 9.29. The zero-order chi connectivity index (χ0) is 19.4. The average molecular weight is 391 g/mol. The van der Waals surface area contributed by atoms with Gasteiger partial charge in [0.15, 0.2) is 9.84 Å². The number of aliphatic hydroxyl groups excluding tert-OH is 1. The number of benzene rings is 2. The van der Waals surface area contributed by atoms with Gasteiger partial charge in [0.1, 0.15) is 11.9 Å². The second-order valence-electron chi connectivity index (χ2n) is 6.70. The number of sulfone groups is 1. The topological polar surface area (TPSA) is 74.7 Å². The Kier molecular flexibility index (Phi) is 5.92. The Balaban J connectivity index is 1.73. The molecule has 0 bridgehead atoms. The maximum Gasteiger partial charge on any atom is 0.251 e. The van der Waals surface area contributed by atoms with Crippen molar-refractivity contribution >= 4 is 15.7 Å². The van der Waals surface area contributed by atoms with Crippen molar-refractivity contribution in [3.05, 3.63) is 71.5 Å². The zero-order valence-corrected chi connectivity index (χ0v) is 15.6. The molecule has 0 radical (unpaired) electrons. The number of carbonyl (C=O) groups is 1. The van der Waals surface area contributed by atoms with Gasteiger partial charge in [-0.25, -0.2) is 12.8 Å². The Morgan fingerprint density at radius 2 is 1.78 bits per heavy atom. The van der Waals surface area contributed by atoms with E-state index in [1.165, 1.54) is 23.1 Å². The monoisotopic (exact) mass is 391 g/mol. The molecule has 1 aliphatic rings. The van der Waals surface area contributed by atoms with Crippen LogP contribution in [0.1, 0.15) is 22.8 Å². The van der Waals surface area contributed by atoms with Crippen LogP contribution in [0.25, 0.3) is 0 Å². The number of carbonyl (C=O) groups excluding carboxylic acids is 1. The fraction of sp³-hybridized carbons (Fsp3) is 0.350. The third kappa shape index (κ3) is 4.54. The Morgan fingerprint density at radius 1 is 1.11 bits per heavy atom. The highest BCUT2D eigenvalue weighted by atomic mass is 32.2. The van der Waals surface area contributed by atoms with Gasteiger partial charge in [0.2, 0.25) is 0 Å². The molecule has 0 aromatic heterocycles. The van der Waals surface area contributed by atoms with Crippen molar-refractivity contribution in [2.24, 2.45) is 0 Å². The molecule has 1 heterocycles. The highest BCUT2D eigenvalue weighted by Gasteiger charge is 2.35. The van der Waals surface area contributed by atoms with Crippen molar-refractivity contribution in [1.29, 1.82) is 0 Å². The molecule has 1 fully saturated rings. The molecule has 0 saturated carbocycles. The number of rotatable bonds is 4. The minimum atomic E-state index is -3.60. The van der Waals surface area contributed by atoms with Gasteiger partial charge in [-0.2, -0.15) is 0 Å². The molecule has 2 unspecified atom stereocenters. The molecule has 2 aromatic rings. The van der Waals surface area contributed by atoms with E-state index in [9.17, 15) is 22.7 Å². The van der Waals surface area contributed by atoms with Gasteiger partial charge < -0.3 is 10.0 Å². The minimum absolute atomic E-state index is 0.00201. The van der Waals surface area contributed by atoms with Gasteiger partial charge in [-0.3, -0.25) is 4.79 Å². The Morgan fingerprint density at radius 3 is 2.48 bits per heavy atom. The van der Waals surface area contributed by atoms with Gasteiger partial charge in [0.25, 0.3) is 5.91 Å². The largest absolute Gasteiger partial charge is 0.383 e. The van der Waals surface area contributed by atoms with Crippen LogP contribution in [-0.2, 0) is 21.1 Å². The summed E-state index contributed by atoms with van der Waals surface area (Å²) in [6.07, 6.45) is -0.965. The predicted octanol–water partition coefficient (Wildman–Crippen LogP) is 2.12. The van der Waals surface area contributed by atoms with Crippen LogP contribution in [0, 0.1) is 5.82 Å². The number of amides is 1. The number of nitrogens with zero attached hydrogens (tertiary/aromatic N) is 1. The molecule has 1 aliphatic heterocycles. The maximum absolute atomic E-state index is 14.1. The van der Waals surface area contributed by atoms with Gasteiger partial charge in [-0.05, 0) is 18.1 Å². The number of hydrogen-bond donors (Lipinski definition) is 1. The standard InChI is InChI=1S/C20H22FNO4S/c21-17-9-5-4-8-16(17)19-10-11-22(12-13-27(19,25)26)20(24)18(23)14-15-6-2-1-3-7-15/h1-9,18-19,23H,10-14H2. The third-order valence-electron chi connectivity index (χ3n) is 4.86. The Hall–Kier alpha value is -2.25. The third-order valence-corrected chi connectivity index (χ3v) is 6.97. The lowest BCUT2D eigenvalue weighted by molar-refractivity contribution is -0.139. The normalized spacial score (nSPS) is 20.7. The predicted molar refractivity (Wildman–Crippen MR) is 100 cm³/mol. The summed E-state index contributed by atoms with van der Waals surface area (Å²) in [5.41, 5.74) is 0.960. The van der Waals surface area contributed by atoms with Gasteiger partial charge >= 0.3 is 0 Å². The van der Waals surface area contributed by atoms with Crippen LogP contribution in [0.2, 0.25) is 0 Å². The lowest BCUT2D eigenvalue weighted by atomic mass is 10.1. The van der Waals surface area contributed by atoms with E-state index in [-0.39, 0.29) is 37.2 Å². The van der Waals surface area contributed by atoms with Gasteiger partial charge in [0, 0.05) is 25.1 Å². The van der Waals surface area contributed by atoms with Crippen molar-refractivity contribution in [2.75, 3.05) is 18.8 Å². The number of aliphatic hydroxyl groups is 1. The Labute approximate surface area is 158 Å². The van der Waals surface area contributed by atoms with Gasteiger partial charge in [-0.15, -0.1) is 0 Å². The van der Waals surface area contributed by atoms with Crippen LogP contribution in [0.5, 0.6) is 0 Å². The molecule has 0 aliphatic carbocycles. The molecule has 5 nitrogen and oxygen atoms in total. The molecule has 1 amide bonds. The summed E-state index contributed by atoms with van der Waals surface area (Å²) in [4.78, 5) is 14.0. The fourth-order valence-corrected chi connectivity index (χ4v) is 5.19. The first kappa shape index (κ1) is 19.5. The molecule has 1 N–H and O–H groups in total. The molecule has 2 atom stereocenters. The zero-order valence-electron chi connectivity index (χ0n) is 14.8. The van der Waals surface area contributed by atoms with E-state index in [0.717, 1.165) is 5.56 Å². The lowest BCUT2D eigenvalue weighted by Gasteiger charge is -2.23. The maximum atomic E-state index is 14.1. The van der Waals surface area contributed by atoms with E-state index in [4.69, 9.17) is 0 Å². The average Bonchev–Trinajstić information content (AvgIpc) is 2.80. The van der Waals surface area contributed by atoms with Crippen LogP contribution < -0.4 is 0 Å². The van der Waals surface area contributed by atoms with Gasteiger partial charge in [0.05, 0.1) is 11.0 Å². The summed E-state index contributed by atoms with van der Waals surface area (Å²) >= 11 is 0. The molecule has 144 valence electrons. The SMILES string of the molecule is O=C(C(O)Cc1ccccc1)N1CCC(c2ccccc2F)S(=O)(=O)CC1. The summed E-state index contributed by atoms with van der Waals surface area (Å²) in [5.74, 6) is -1.31. The molecular formula is C20H22FNO4S. The van der Waals surface area contributed by atoms with Crippen LogP contribution in [0.15, 0.2) is 54.6 Å². The van der Waals surface area contributed by atoms with E-state index in [1.807, 2.05) is 30.3 Å². The minimum Gasteiger partial charge on any atom is -0.383 e. The summed E-state index contributed by atoms with van der Waals surface area (Å²) in [7, 11) is -3.60. The number of hydrogen-bond acceptors (Lipinski definition) is 4. The van der Waals surface area contributed by atoms with Crippen molar-refractivity contribution < 1.29 is 22.7 Å². The van der Waals surface area contributed by atoms with Crippen LogP contribution in [-0.4, -0.2) is 49.3 Å². The van der Waals surface area contributed by atoms with Gasteiger partial charge in [-0.1, -0.05) is 48.5 Å². The quantitative estimate of drug-likeness (QED) is 0.866. The summed E-state index contributed by atoms with van der Waals surface area (Å²) in [6, 6.07) is 15.0. The molecule has 7 heteroatoms. The first-order valence-electron chi connectivity index (χ1n) is 8.85. The molecule has 0 spiro atoms. The van der Waals surface area contributed by atoms with Crippen LogP contribution in [0.4, 0.5) is 4.39 Å². The first-order valence-corrected chi connectivity index (χ1v) is 10.6. The van der Waals surface area contributed by atoms with Crippen molar-refractivity contribution in [3.8, 4) is 0 Å². The van der Waals surface area contributed by atoms with E-state index in [2.05, 4.69) is 0 Å².